The van der Waals surface area contributed by atoms with Crippen LogP contribution in [0.1, 0.15) is 12.8 Å². The highest BCUT2D eigenvalue weighted by atomic mass is 16.2. The van der Waals surface area contributed by atoms with Gasteiger partial charge >= 0.3 is 0 Å². The maximum Gasteiger partial charge on any atom is 0.244 e. The van der Waals surface area contributed by atoms with E-state index in [-0.39, 0.29) is 11.9 Å². The first-order chi connectivity index (χ1) is 9.24. The van der Waals surface area contributed by atoms with E-state index in [0.717, 1.165) is 38.2 Å². The van der Waals surface area contributed by atoms with E-state index in [1.54, 1.807) is 0 Å². The van der Waals surface area contributed by atoms with Gasteiger partial charge in [-0.2, -0.15) is 0 Å². The molecule has 4 heteroatoms. The molecule has 1 atom stereocenters. The molecular weight excluding hydrogens is 238 g/mol. The summed E-state index contributed by atoms with van der Waals surface area (Å²) in [6, 6.07) is 9.96. The van der Waals surface area contributed by atoms with Gasteiger partial charge in [0.05, 0.1) is 6.04 Å². The zero-order valence-electron chi connectivity index (χ0n) is 11.8. The molecule has 1 aliphatic heterocycles. The van der Waals surface area contributed by atoms with Crippen molar-refractivity contribution in [2.24, 2.45) is 0 Å². The minimum absolute atomic E-state index is 0.0184. The van der Waals surface area contributed by atoms with Gasteiger partial charge in [0.1, 0.15) is 0 Å². The van der Waals surface area contributed by atoms with Crippen LogP contribution < -0.4 is 10.2 Å². The van der Waals surface area contributed by atoms with Crippen molar-refractivity contribution < 1.29 is 4.79 Å². The second-order valence-corrected chi connectivity index (χ2v) is 5.07. The Hall–Kier alpha value is -1.39. The van der Waals surface area contributed by atoms with Crippen LogP contribution in [0.3, 0.4) is 0 Å². The highest BCUT2D eigenvalue weighted by molar-refractivity contribution is 5.97. The van der Waals surface area contributed by atoms with Crippen LogP contribution in [0.2, 0.25) is 0 Å². The number of hydrogen-bond donors (Lipinski definition) is 1. The lowest BCUT2D eigenvalue weighted by Gasteiger charge is -2.28. The molecule has 1 aromatic carbocycles. The van der Waals surface area contributed by atoms with E-state index >= 15 is 0 Å². The predicted octanol–water partition coefficient (Wildman–Crippen LogP) is 1.33. The van der Waals surface area contributed by atoms with Gasteiger partial charge in [0, 0.05) is 18.8 Å². The Labute approximate surface area is 115 Å². The fourth-order valence-electron chi connectivity index (χ4n) is 2.60. The molecule has 0 saturated carbocycles. The van der Waals surface area contributed by atoms with Crippen LogP contribution in [-0.2, 0) is 4.79 Å². The quantitative estimate of drug-likeness (QED) is 0.888. The Morgan fingerprint density at radius 1 is 1.26 bits per heavy atom. The molecule has 1 amide bonds. The lowest BCUT2D eigenvalue weighted by molar-refractivity contribution is -0.122. The summed E-state index contributed by atoms with van der Waals surface area (Å²) in [5, 5.41) is 3.13. The zero-order valence-corrected chi connectivity index (χ0v) is 11.8. The van der Waals surface area contributed by atoms with E-state index in [9.17, 15) is 4.79 Å². The molecule has 0 bridgehead atoms. The third-order valence-electron chi connectivity index (χ3n) is 3.71. The van der Waals surface area contributed by atoms with Crippen molar-refractivity contribution in [1.82, 2.24) is 10.2 Å². The van der Waals surface area contributed by atoms with Gasteiger partial charge in [0.15, 0.2) is 0 Å². The maximum atomic E-state index is 12.7. The molecule has 104 valence electrons. The maximum absolute atomic E-state index is 12.7. The number of anilines is 1. The topological polar surface area (TPSA) is 35.6 Å². The van der Waals surface area contributed by atoms with Crippen LogP contribution in [-0.4, -0.2) is 50.6 Å². The van der Waals surface area contributed by atoms with Crippen LogP contribution in [0.4, 0.5) is 5.69 Å². The van der Waals surface area contributed by atoms with Crippen molar-refractivity contribution in [3.05, 3.63) is 30.3 Å². The van der Waals surface area contributed by atoms with Gasteiger partial charge in [-0.25, -0.2) is 0 Å². The average Bonchev–Trinajstić information content (AvgIpc) is 2.57. The van der Waals surface area contributed by atoms with Crippen molar-refractivity contribution in [1.29, 1.82) is 0 Å². The molecule has 0 aliphatic carbocycles. The zero-order chi connectivity index (χ0) is 13.7. The molecule has 1 saturated heterocycles. The van der Waals surface area contributed by atoms with Gasteiger partial charge in [-0.1, -0.05) is 18.2 Å². The van der Waals surface area contributed by atoms with E-state index in [4.69, 9.17) is 0 Å². The fourth-order valence-corrected chi connectivity index (χ4v) is 2.60. The van der Waals surface area contributed by atoms with Crippen molar-refractivity contribution >= 4 is 11.6 Å². The second kappa shape index (κ2) is 6.68. The first-order valence-corrected chi connectivity index (χ1v) is 6.95. The van der Waals surface area contributed by atoms with Gasteiger partial charge in [-0.15, -0.1) is 0 Å². The summed E-state index contributed by atoms with van der Waals surface area (Å²) in [5.41, 5.74) is 1.01. The Bertz CT molecular complexity index is 407. The molecular formula is C15H23N3O. The lowest BCUT2D eigenvalue weighted by Crippen LogP contribution is -2.45. The van der Waals surface area contributed by atoms with E-state index in [1.165, 1.54) is 0 Å². The number of rotatable bonds is 4. The van der Waals surface area contributed by atoms with Gasteiger partial charge in [0.2, 0.25) is 5.91 Å². The first kappa shape index (κ1) is 14.0. The van der Waals surface area contributed by atoms with Crippen molar-refractivity contribution in [3.63, 3.8) is 0 Å². The van der Waals surface area contributed by atoms with Gasteiger partial charge in [-0.3, -0.25) is 9.69 Å². The van der Waals surface area contributed by atoms with Crippen molar-refractivity contribution in [3.8, 4) is 0 Å². The summed E-state index contributed by atoms with van der Waals surface area (Å²) in [6.45, 7) is 2.65. The molecule has 0 radical (unpaired) electrons. The third-order valence-corrected chi connectivity index (χ3v) is 3.71. The monoisotopic (exact) mass is 261 g/mol. The smallest absolute Gasteiger partial charge is 0.244 e. The van der Waals surface area contributed by atoms with E-state index < -0.39 is 0 Å². The number of likely N-dealkylation sites (N-methyl/N-ethyl adjacent to an activating group) is 1. The second-order valence-electron chi connectivity index (χ2n) is 5.07. The lowest BCUT2D eigenvalue weighted by atomic mass is 10.1. The number of amides is 1. The highest BCUT2D eigenvalue weighted by Gasteiger charge is 2.30. The molecule has 19 heavy (non-hydrogen) atoms. The van der Waals surface area contributed by atoms with Crippen LogP contribution >= 0.6 is 0 Å². The number of nitrogens with one attached hydrogen (secondary N) is 1. The molecule has 2 rings (SSSR count). The SMILES string of the molecule is CNCCC1C(=O)N(c2ccccc2)CCCN1C. The summed E-state index contributed by atoms with van der Waals surface area (Å²) in [6.07, 6.45) is 1.88. The molecule has 1 unspecified atom stereocenters. The van der Waals surface area contributed by atoms with Crippen LogP contribution in [0.15, 0.2) is 30.3 Å². The number of carbonyl (C=O) groups excluding carboxylic acids is 1. The minimum atomic E-state index is -0.0184. The first-order valence-electron chi connectivity index (χ1n) is 6.95. The van der Waals surface area contributed by atoms with Crippen LogP contribution in [0, 0.1) is 0 Å². The molecule has 0 spiro atoms. The Morgan fingerprint density at radius 2 is 2.00 bits per heavy atom. The molecule has 1 N–H and O–H groups in total. The molecule has 0 aromatic heterocycles. The van der Waals surface area contributed by atoms with Crippen LogP contribution in [0.5, 0.6) is 0 Å². The number of carbonyl (C=O) groups is 1. The fraction of sp³-hybridized carbons (Fsp3) is 0.533. The summed E-state index contributed by atoms with van der Waals surface area (Å²) < 4.78 is 0. The van der Waals surface area contributed by atoms with E-state index in [2.05, 4.69) is 10.2 Å². The molecule has 1 aliphatic rings. The summed E-state index contributed by atoms with van der Waals surface area (Å²) in [5.74, 6) is 0.224. The molecule has 1 aromatic rings. The number of para-hydroxylation sites is 1. The van der Waals surface area contributed by atoms with Gasteiger partial charge < -0.3 is 10.2 Å². The minimum Gasteiger partial charge on any atom is -0.320 e. The standard InChI is InChI=1S/C15H23N3O/c1-16-10-9-14-15(19)18(12-6-11-17(14)2)13-7-4-3-5-8-13/h3-5,7-8,14,16H,6,9-12H2,1-2H3. The van der Waals surface area contributed by atoms with Gasteiger partial charge in [0.25, 0.3) is 0 Å². The Kier molecular flexibility index (Phi) is 4.93. The summed E-state index contributed by atoms with van der Waals surface area (Å²) in [7, 11) is 3.98. The Morgan fingerprint density at radius 3 is 2.68 bits per heavy atom. The van der Waals surface area contributed by atoms with Crippen molar-refractivity contribution in [2.75, 3.05) is 38.6 Å². The number of hydrogen-bond acceptors (Lipinski definition) is 3. The molecule has 1 fully saturated rings. The Balaban J connectivity index is 2.18. The summed E-state index contributed by atoms with van der Waals surface area (Å²) >= 11 is 0. The number of nitrogens with zero attached hydrogens (tertiary/aromatic N) is 2. The van der Waals surface area contributed by atoms with E-state index in [0.29, 0.717) is 0 Å². The van der Waals surface area contributed by atoms with Crippen molar-refractivity contribution in [2.45, 2.75) is 18.9 Å². The van der Waals surface area contributed by atoms with E-state index in [1.807, 2.05) is 49.3 Å². The number of benzene rings is 1. The predicted molar refractivity (Wildman–Crippen MR) is 78.4 cm³/mol. The van der Waals surface area contributed by atoms with Crippen LogP contribution in [0.25, 0.3) is 0 Å². The summed E-state index contributed by atoms with van der Waals surface area (Å²) in [4.78, 5) is 16.8. The molecule has 4 nitrogen and oxygen atoms in total. The van der Waals surface area contributed by atoms with Gasteiger partial charge in [-0.05, 0) is 45.6 Å². The molecule has 1 heterocycles. The average molecular weight is 261 g/mol. The highest BCUT2D eigenvalue weighted by Crippen LogP contribution is 2.20. The largest absolute Gasteiger partial charge is 0.320 e. The third kappa shape index (κ3) is 3.33. The normalized spacial score (nSPS) is 21.5.